The van der Waals surface area contributed by atoms with Crippen LogP contribution in [0.1, 0.15) is 35.7 Å². The van der Waals surface area contributed by atoms with E-state index >= 15 is 0 Å². The van der Waals surface area contributed by atoms with Crippen LogP contribution in [0.5, 0.6) is 0 Å². The minimum absolute atomic E-state index is 0.0523. The molecular formula is C15H24N2O2. The van der Waals surface area contributed by atoms with Gasteiger partial charge in [0.05, 0.1) is 18.2 Å². The first-order valence-corrected chi connectivity index (χ1v) is 6.70. The number of rotatable bonds is 7. The molecule has 1 aromatic carbocycles. The van der Waals surface area contributed by atoms with Gasteiger partial charge in [0.2, 0.25) is 0 Å². The van der Waals surface area contributed by atoms with Gasteiger partial charge in [-0.2, -0.15) is 0 Å². The van der Waals surface area contributed by atoms with E-state index < -0.39 is 0 Å². The molecule has 0 aromatic heterocycles. The number of amides is 1. The molecule has 1 rings (SSSR count). The Morgan fingerprint density at radius 2 is 2.16 bits per heavy atom. The lowest BCUT2D eigenvalue weighted by molar-refractivity contribution is 0.0892. The number of anilines is 1. The van der Waals surface area contributed by atoms with Gasteiger partial charge in [0.25, 0.3) is 5.91 Å². The summed E-state index contributed by atoms with van der Waals surface area (Å²) >= 11 is 0. The van der Waals surface area contributed by atoms with Crippen LogP contribution in [-0.4, -0.2) is 32.7 Å². The minimum atomic E-state index is -0.0523. The number of methoxy groups -OCH3 is 1. The lowest BCUT2D eigenvalue weighted by Gasteiger charge is -2.18. The van der Waals surface area contributed by atoms with Gasteiger partial charge in [0, 0.05) is 19.8 Å². The van der Waals surface area contributed by atoms with Crippen LogP contribution < -0.4 is 10.6 Å². The fraction of sp³-hybridized carbons (Fsp3) is 0.533. The average Bonchev–Trinajstić information content (AvgIpc) is 2.39. The van der Waals surface area contributed by atoms with Gasteiger partial charge in [-0.3, -0.25) is 4.79 Å². The molecule has 1 atom stereocenters. The summed E-state index contributed by atoms with van der Waals surface area (Å²) in [6, 6.07) is 5.88. The topological polar surface area (TPSA) is 50.4 Å². The fourth-order valence-corrected chi connectivity index (χ4v) is 2.07. The maximum Gasteiger partial charge on any atom is 0.253 e. The molecule has 0 fully saturated rings. The number of nitrogens with one attached hydrogen (secondary N) is 2. The molecule has 0 saturated carbocycles. The Balaban J connectivity index is 2.83. The van der Waals surface area contributed by atoms with Crippen LogP contribution in [0.15, 0.2) is 18.2 Å². The SMILES string of the molecule is CCCC(COC)NC(=O)c1cc(C)ccc1NC. The highest BCUT2D eigenvalue weighted by atomic mass is 16.5. The third-order valence-electron chi connectivity index (χ3n) is 3.03. The van der Waals surface area contributed by atoms with Crippen molar-refractivity contribution in [3.8, 4) is 0 Å². The monoisotopic (exact) mass is 264 g/mol. The molecule has 0 bridgehead atoms. The van der Waals surface area contributed by atoms with Crippen molar-refractivity contribution >= 4 is 11.6 Å². The van der Waals surface area contributed by atoms with Crippen molar-refractivity contribution in [2.75, 3.05) is 26.1 Å². The summed E-state index contributed by atoms with van der Waals surface area (Å²) in [7, 11) is 3.47. The average molecular weight is 264 g/mol. The van der Waals surface area contributed by atoms with Crippen LogP contribution in [-0.2, 0) is 4.74 Å². The number of ether oxygens (including phenoxy) is 1. The highest BCUT2D eigenvalue weighted by molar-refractivity contribution is 6.00. The Labute approximate surface area is 115 Å². The molecule has 106 valence electrons. The Morgan fingerprint density at radius 3 is 2.74 bits per heavy atom. The summed E-state index contributed by atoms with van der Waals surface area (Å²) < 4.78 is 5.14. The van der Waals surface area contributed by atoms with Crippen molar-refractivity contribution in [2.24, 2.45) is 0 Å². The molecule has 0 radical (unpaired) electrons. The quantitative estimate of drug-likeness (QED) is 0.796. The lowest BCUT2D eigenvalue weighted by atomic mass is 10.1. The molecule has 0 aliphatic rings. The molecule has 0 spiro atoms. The predicted octanol–water partition coefficient (Wildman–Crippen LogP) is 2.58. The van der Waals surface area contributed by atoms with Gasteiger partial charge >= 0.3 is 0 Å². The zero-order chi connectivity index (χ0) is 14.3. The van der Waals surface area contributed by atoms with Crippen molar-refractivity contribution in [1.29, 1.82) is 0 Å². The van der Waals surface area contributed by atoms with E-state index in [1.165, 1.54) is 0 Å². The van der Waals surface area contributed by atoms with Gasteiger partial charge < -0.3 is 15.4 Å². The molecule has 4 heteroatoms. The molecule has 0 aliphatic carbocycles. The second kappa shape index (κ2) is 7.79. The summed E-state index contributed by atoms with van der Waals surface area (Å²) in [5.74, 6) is -0.0523. The summed E-state index contributed by atoms with van der Waals surface area (Å²) in [6.07, 6.45) is 1.93. The zero-order valence-corrected chi connectivity index (χ0v) is 12.2. The van der Waals surface area contributed by atoms with Gasteiger partial charge in [0.1, 0.15) is 0 Å². The van der Waals surface area contributed by atoms with Gasteiger partial charge in [-0.25, -0.2) is 0 Å². The normalized spacial score (nSPS) is 12.0. The lowest BCUT2D eigenvalue weighted by Crippen LogP contribution is -2.38. The minimum Gasteiger partial charge on any atom is -0.387 e. The standard InChI is InChI=1S/C15H24N2O2/c1-5-6-12(10-19-4)17-15(18)13-9-11(2)7-8-14(13)16-3/h7-9,12,16H,5-6,10H2,1-4H3,(H,17,18). The summed E-state index contributed by atoms with van der Waals surface area (Å²) in [5.41, 5.74) is 2.60. The Morgan fingerprint density at radius 1 is 1.42 bits per heavy atom. The molecule has 1 unspecified atom stereocenters. The van der Waals surface area contributed by atoms with Crippen LogP contribution in [0, 0.1) is 6.92 Å². The molecule has 0 aliphatic heterocycles. The van der Waals surface area contributed by atoms with E-state index in [-0.39, 0.29) is 11.9 Å². The van der Waals surface area contributed by atoms with Crippen molar-refractivity contribution in [1.82, 2.24) is 5.32 Å². The van der Waals surface area contributed by atoms with Gasteiger partial charge in [0.15, 0.2) is 0 Å². The molecule has 1 aromatic rings. The van der Waals surface area contributed by atoms with Crippen LogP contribution in [0.3, 0.4) is 0 Å². The first-order chi connectivity index (χ1) is 9.12. The van der Waals surface area contributed by atoms with Gasteiger partial charge in [-0.1, -0.05) is 25.0 Å². The third kappa shape index (κ3) is 4.56. The molecular weight excluding hydrogens is 240 g/mol. The van der Waals surface area contributed by atoms with E-state index in [9.17, 15) is 4.79 Å². The number of carbonyl (C=O) groups excluding carboxylic acids is 1. The van der Waals surface area contributed by atoms with E-state index in [1.807, 2.05) is 32.2 Å². The molecule has 1 amide bonds. The van der Waals surface area contributed by atoms with Crippen LogP contribution in [0.4, 0.5) is 5.69 Å². The van der Waals surface area contributed by atoms with E-state index in [4.69, 9.17) is 4.74 Å². The first-order valence-electron chi connectivity index (χ1n) is 6.70. The number of aryl methyl sites for hydroxylation is 1. The highest BCUT2D eigenvalue weighted by Gasteiger charge is 2.15. The number of benzene rings is 1. The molecule has 0 heterocycles. The summed E-state index contributed by atoms with van der Waals surface area (Å²) in [4.78, 5) is 12.3. The molecule has 4 nitrogen and oxygen atoms in total. The summed E-state index contributed by atoms with van der Waals surface area (Å²) in [5, 5.41) is 6.08. The second-order valence-corrected chi connectivity index (χ2v) is 4.71. The smallest absolute Gasteiger partial charge is 0.253 e. The number of hydrogen-bond donors (Lipinski definition) is 2. The van der Waals surface area contributed by atoms with Crippen molar-refractivity contribution in [2.45, 2.75) is 32.7 Å². The van der Waals surface area contributed by atoms with Crippen LogP contribution >= 0.6 is 0 Å². The summed E-state index contributed by atoms with van der Waals surface area (Å²) in [6.45, 7) is 4.62. The maximum atomic E-state index is 12.3. The first kappa shape index (κ1) is 15.5. The van der Waals surface area contributed by atoms with E-state index in [1.54, 1.807) is 7.11 Å². The van der Waals surface area contributed by atoms with E-state index in [2.05, 4.69) is 17.6 Å². The van der Waals surface area contributed by atoms with Crippen LogP contribution in [0.25, 0.3) is 0 Å². The molecule has 0 saturated heterocycles. The highest BCUT2D eigenvalue weighted by Crippen LogP contribution is 2.17. The van der Waals surface area contributed by atoms with E-state index in [0.29, 0.717) is 12.2 Å². The zero-order valence-electron chi connectivity index (χ0n) is 12.2. The van der Waals surface area contributed by atoms with Crippen molar-refractivity contribution < 1.29 is 9.53 Å². The van der Waals surface area contributed by atoms with Crippen molar-refractivity contribution in [3.63, 3.8) is 0 Å². The molecule has 19 heavy (non-hydrogen) atoms. The number of hydrogen-bond acceptors (Lipinski definition) is 3. The van der Waals surface area contributed by atoms with Gasteiger partial charge in [-0.15, -0.1) is 0 Å². The maximum absolute atomic E-state index is 12.3. The largest absolute Gasteiger partial charge is 0.387 e. The van der Waals surface area contributed by atoms with E-state index in [0.717, 1.165) is 24.1 Å². The van der Waals surface area contributed by atoms with Gasteiger partial charge in [-0.05, 0) is 25.5 Å². The predicted molar refractivity (Wildman–Crippen MR) is 78.8 cm³/mol. The fourth-order valence-electron chi connectivity index (χ4n) is 2.07. The van der Waals surface area contributed by atoms with Crippen molar-refractivity contribution in [3.05, 3.63) is 29.3 Å². The molecule has 2 N–H and O–H groups in total. The second-order valence-electron chi connectivity index (χ2n) is 4.71. The Hall–Kier alpha value is -1.55. The Bertz CT molecular complexity index is 413. The third-order valence-corrected chi connectivity index (χ3v) is 3.03. The number of carbonyl (C=O) groups is 1. The van der Waals surface area contributed by atoms with Crippen LogP contribution in [0.2, 0.25) is 0 Å². The Kier molecular flexibility index (Phi) is 6.36.